The Morgan fingerprint density at radius 1 is 1.20 bits per heavy atom. The third-order valence-electron chi connectivity index (χ3n) is 3.06. The lowest BCUT2D eigenvalue weighted by atomic mass is 10.1. The summed E-state index contributed by atoms with van der Waals surface area (Å²) < 4.78 is 6.06. The van der Waals surface area contributed by atoms with E-state index in [1.54, 1.807) is 7.11 Å². The molecule has 104 valence electrons. The van der Waals surface area contributed by atoms with E-state index >= 15 is 0 Å². The molecule has 2 aromatic rings. The Morgan fingerprint density at radius 2 is 1.85 bits per heavy atom. The van der Waals surface area contributed by atoms with Gasteiger partial charge < -0.3 is 15.4 Å². The Bertz CT molecular complexity index is 628. The van der Waals surface area contributed by atoms with Gasteiger partial charge >= 0.3 is 0 Å². The Labute approximate surface area is 132 Å². The second-order valence-corrected chi connectivity index (χ2v) is 5.55. The van der Waals surface area contributed by atoms with E-state index in [2.05, 4.69) is 15.9 Å². The van der Waals surface area contributed by atoms with E-state index in [1.165, 1.54) is 0 Å². The van der Waals surface area contributed by atoms with Gasteiger partial charge in [0.2, 0.25) is 0 Å². The maximum atomic E-state index is 5.83. The molecule has 0 aliphatic heterocycles. The molecule has 0 saturated carbocycles. The molecule has 2 N–H and O–H groups in total. The SMILES string of the molecule is COc1ccc(N(C)c2cccc(Br)c2C(N)=S)cc1. The van der Waals surface area contributed by atoms with Crippen LogP contribution in [0.15, 0.2) is 46.9 Å². The van der Waals surface area contributed by atoms with Crippen LogP contribution in [0.1, 0.15) is 5.56 Å². The molecule has 0 fully saturated rings. The maximum Gasteiger partial charge on any atom is 0.119 e. The summed E-state index contributed by atoms with van der Waals surface area (Å²) in [6.07, 6.45) is 0. The van der Waals surface area contributed by atoms with Gasteiger partial charge in [-0.1, -0.05) is 18.3 Å². The number of halogens is 1. The zero-order valence-electron chi connectivity index (χ0n) is 11.3. The number of rotatable bonds is 4. The molecule has 0 amide bonds. The van der Waals surface area contributed by atoms with Crippen molar-refractivity contribution in [1.29, 1.82) is 0 Å². The van der Waals surface area contributed by atoms with Gasteiger partial charge in [0.1, 0.15) is 10.7 Å². The summed E-state index contributed by atoms with van der Waals surface area (Å²) in [5, 5.41) is 0. The minimum absolute atomic E-state index is 0.368. The zero-order chi connectivity index (χ0) is 14.7. The summed E-state index contributed by atoms with van der Waals surface area (Å²) in [7, 11) is 3.63. The number of thiocarbonyl (C=S) groups is 1. The van der Waals surface area contributed by atoms with E-state index in [0.29, 0.717) is 4.99 Å². The van der Waals surface area contributed by atoms with Crippen molar-refractivity contribution >= 4 is 44.5 Å². The summed E-state index contributed by atoms with van der Waals surface area (Å²) in [4.78, 5) is 2.41. The third kappa shape index (κ3) is 2.94. The van der Waals surface area contributed by atoms with Gasteiger partial charge in [-0.2, -0.15) is 0 Å². The number of hydrogen-bond donors (Lipinski definition) is 1. The molecule has 0 radical (unpaired) electrons. The molecule has 0 bridgehead atoms. The summed E-state index contributed by atoms with van der Waals surface area (Å²) in [5.74, 6) is 0.825. The van der Waals surface area contributed by atoms with E-state index in [4.69, 9.17) is 22.7 Å². The predicted octanol–water partition coefficient (Wildman–Crippen LogP) is 3.86. The van der Waals surface area contributed by atoms with Gasteiger partial charge in [-0.15, -0.1) is 0 Å². The van der Waals surface area contributed by atoms with Crippen LogP contribution in [-0.2, 0) is 0 Å². The summed E-state index contributed by atoms with van der Waals surface area (Å²) in [6.45, 7) is 0. The minimum Gasteiger partial charge on any atom is -0.497 e. The second-order valence-electron chi connectivity index (χ2n) is 4.26. The first-order valence-electron chi connectivity index (χ1n) is 6.00. The van der Waals surface area contributed by atoms with Gasteiger partial charge in [0, 0.05) is 22.8 Å². The molecule has 0 aromatic heterocycles. The fraction of sp³-hybridized carbons (Fsp3) is 0.133. The number of nitrogens with zero attached hydrogens (tertiary/aromatic N) is 1. The summed E-state index contributed by atoms with van der Waals surface area (Å²) in [6, 6.07) is 13.7. The highest BCUT2D eigenvalue weighted by atomic mass is 79.9. The first-order chi connectivity index (χ1) is 9.54. The van der Waals surface area contributed by atoms with Crippen molar-refractivity contribution < 1.29 is 4.74 Å². The van der Waals surface area contributed by atoms with Gasteiger partial charge in [-0.25, -0.2) is 0 Å². The van der Waals surface area contributed by atoms with Crippen LogP contribution in [-0.4, -0.2) is 19.1 Å². The van der Waals surface area contributed by atoms with Gasteiger partial charge in [-0.05, 0) is 52.3 Å². The molecule has 0 unspecified atom stereocenters. The largest absolute Gasteiger partial charge is 0.497 e. The summed E-state index contributed by atoms with van der Waals surface area (Å²) in [5.41, 5.74) is 8.65. The summed E-state index contributed by atoms with van der Waals surface area (Å²) >= 11 is 8.64. The van der Waals surface area contributed by atoms with Crippen LogP contribution < -0.4 is 15.4 Å². The molecular formula is C15H15BrN2OS. The number of anilines is 2. The van der Waals surface area contributed by atoms with Crippen LogP contribution in [0.25, 0.3) is 0 Å². The van der Waals surface area contributed by atoms with Gasteiger partial charge in [0.25, 0.3) is 0 Å². The fourth-order valence-electron chi connectivity index (χ4n) is 1.98. The van der Waals surface area contributed by atoms with E-state index in [9.17, 15) is 0 Å². The average molecular weight is 351 g/mol. The smallest absolute Gasteiger partial charge is 0.119 e. The van der Waals surface area contributed by atoms with Crippen molar-refractivity contribution in [3.8, 4) is 5.75 Å². The molecule has 0 heterocycles. The van der Waals surface area contributed by atoms with Crippen LogP contribution in [0, 0.1) is 0 Å². The fourth-order valence-corrected chi connectivity index (χ4v) is 2.90. The predicted molar refractivity (Wildman–Crippen MR) is 91.1 cm³/mol. The van der Waals surface area contributed by atoms with Crippen LogP contribution in [0.3, 0.4) is 0 Å². The molecule has 0 aliphatic rings. The quantitative estimate of drug-likeness (QED) is 0.849. The lowest BCUT2D eigenvalue weighted by Crippen LogP contribution is -2.18. The first-order valence-corrected chi connectivity index (χ1v) is 7.21. The van der Waals surface area contributed by atoms with E-state index in [0.717, 1.165) is 27.2 Å². The molecule has 2 aromatic carbocycles. The molecule has 3 nitrogen and oxygen atoms in total. The van der Waals surface area contributed by atoms with Crippen molar-refractivity contribution in [1.82, 2.24) is 0 Å². The van der Waals surface area contributed by atoms with Crippen LogP contribution >= 0.6 is 28.1 Å². The molecule has 5 heteroatoms. The number of methoxy groups -OCH3 is 1. The second kappa shape index (κ2) is 6.24. The lowest BCUT2D eigenvalue weighted by Gasteiger charge is -2.23. The van der Waals surface area contributed by atoms with Crippen molar-refractivity contribution in [3.05, 3.63) is 52.5 Å². The van der Waals surface area contributed by atoms with Gasteiger partial charge in [-0.3, -0.25) is 0 Å². The first kappa shape index (κ1) is 14.8. The highest BCUT2D eigenvalue weighted by molar-refractivity contribution is 9.10. The maximum absolute atomic E-state index is 5.83. The minimum atomic E-state index is 0.368. The van der Waals surface area contributed by atoms with Crippen molar-refractivity contribution in [2.24, 2.45) is 5.73 Å². The normalized spacial score (nSPS) is 10.2. The standard InChI is InChI=1S/C15H15BrN2OS/c1-18(10-6-8-11(19-2)9-7-10)13-5-3-4-12(16)14(13)15(17)20/h3-9H,1-2H3,(H2,17,20). The lowest BCUT2D eigenvalue weighted by molar-refractivity contribution is 0.415. The molecule has 20 heavy (non-hydrogen) atoms. The van der Waals surface area contributed by atoms with Crippen molar-refractivity contribution in [2.75, 3.05) is 19.1 Å². The number of benzene rings is 2. The molecule has 0 saturated heterocycles. The molecule has 0 aliphatic carbocycles. The number of nitrogens with two attached hydrogens (primary N) is 1. The third-order valence-corrected chi connectivity index (χ3v) is 3.92. The Morgan fingerprint density at radius 3 is 2.40 bits per heavy atom. The van der Waals surface area contributed by atoms with E-state index < -0.39 is 0 Å². The Kier molecular flexibility index (Phi) is 4.62. The highest BCUT2D eigenvalue weighted by Crippen LogP contribution is 2.32. The topological polar surface area (TPSA) is 38.5 Å². The zero-order valence-corrected chi connectivity index (χ0v) is 13.7. The number of hydrogen-bond acceptors (Lipinski definition) is 3. The molecular weight excluding hydrogens is 336 g/mol. The Balaban J connectivity index is 2.44. The van der Waals surface area contributed by atoms with Crippen LogP contribution in [0.4, 0.5) is 11.4 Å². The van der Waals surface area contributed by atoms with Crippen LogP contribution in [0.5, 0.6) is 5.75 Å². The molecule has 0 atom stereocenters. The highest BCUT2D eigenvalue weighted by Gasteiger charge is 2.14. The van der Waals surface area contributed by atoms with Gasteiger partial charge in [0.15, 0.2) is 0 Å². The van der Waals surface area contributed by atoms with Crippen LogP contribution in [0.2, 0.25) is 0 Å². The Hall–Kier alpha value is -1.59. The monoisotopic (exact) mass is 350 g/mol. The van der Waals surface area contributed by atoms with Crippen molar-refractivity contribution in [2.45, 2.75) is 0 Å². The number of ether oxygens (including phenoxy) is 1. The average Bonchev–Trinajstić information content (AvgIpc) is 2.46. The molecule has 0 spiro atoms. The van der Waals surface area contributed by atoms with Crippen molar-refractivity contribution in [3.63, 3.8) is 0 Å². The molecule has 2 rings (SSSR count). The van der Waals surface area contributed by atoms with E-state index in [1.807, 2.05) is 54.4 Å². The van der Waals surface area contributed by atoms with E-state index in [-0.39, 0.29) is 0 Å². The van der Waals surface area contributed by atoms with Gasteiger partial charge in [0.05, 0.1) is 12.8 Å².